The summed E-state index contributed by atoms with van der Waals surface area (Å²) in [4.78, 5) is 14.1. The number of hydrogen-bond acceptors (Lipinski definition) is 3. The van der Waals surface area contributed by atoms with Crippen molar-refractivity contribution in [3.05, 3.63) is 35.9 Å². The number of alkyl carbamates (subject to hydrolysis) is 1. The Bertz CT molecular complexity index is 418. The number of nitrogens with one attached hydrogen (secondary N) is 1. The lowest BCUT2D eigenvalue weighted by Crippen LogP contribution is -2.29. The molecule has 0 aromatic heterocycles. The molecule has 116 valence electrons. The summed E-state index contributed by atoms with van der Waals surface area (Å²) in [7, 11) is 0. The van der Waals surface area contributed by atoms with Crippen LogP contribution in [0.4, 0.5) is 4.79 Å². The molecule has 4 heteroatoms. The summed E-state index contributed by atoms with van der Waals surface area (Å²) in [6.45, 7) is 5.52. The summed E-state index contributed by atoms with van der Waals surface area (Å²) in [6, 6.07) is 10.6. The molecule has 1 aliphatic rings. The monoisotopic (exact) mass is 290 g/mol. The predicted molar refractivity (Wildman–Crippen MR) is 84.1 cm³/mol. The van der Waals surface area contributed by atoms with Gasteiger partial charge in [-0.2, -0.15) is 0 Å². The van der Waals surface area contributed by atoms with Gasteiger partial charge in [0.25, 0.3) is 0 Å². The molecule has 0 bridgehead atoms. The number of benzene rings is 1. The van der Waals surface area contributed by atoms with E-state index < -0.39 is 0 Å². The van der Waals surface area contributed by atoms with E-state index in [0.717, 1.165) is 37.5 Å². The molecule has 1 fully saturated rings. The van der Waals surface area contributed by atoms with E-state index in [1.807, 2.05) is 30.3 Å². The molecule has 1 amide bonds. The van der Waals surface area contributed by atoms with Crippen molar-refractivity contribution >= 4 is 6.09 Å². The average Bonchev–Trinajstić information content (AvgIpc) is 3.34. The number of carbonyl (C=O) groups is 1. The number of unbranched alkanes of at least 4 members (excludes halogenated alkanes) is 1. The van der Waals surface area contributed by atoms with Gasteiger partial charge in [0, 0.05) is 12.6 Å². The molecule has 21 heavy (non-hydrogen) atoms. The Kier molecular flexibility index (Phi) is 6.54. The topological polar surface area (TPSA) is 41.6 Å². The van der Waals surface area contributed by atoms with E-state index in [2.05, 4.69) is 17.1 Å². The quantitative estimate of drug-likeness (QED) is 0.710. The highest BCUT2D eigenvalue weighted by atomic mass is 16.5. The number of amides is 1. The van der Waals surface area contributed by atoms with Crippen molar-refractivity contribution in [2.45, 2.75) is 45.3 Å². The lowest BCUT2D eigenvalue weighted by Gasteiger charge is -2.19. The molecule has 1 aromatic rings. The second-order valence-electron chi connectivity index (χ2n) is 5.56. The molecule has 0 spiro atoms. The van der Waals surface area contributed by atoms with Gasteiger partial charge in [-0.15, -0.1) is 0 Å². The minimum atomic E-state index is -0.326. The van der Waals surface area contributed by atoms with Crippen molar-refractivity contribution in [2.75, 3.05) is 19.6 Å². The number of nitrogens with zero attached hydrogens (tertiary/aromatic N) is 1. The molecule has 1 N–H and O–H groups in total. The standard InChI is InChI=1S/C17H26N2O2/c1-2-19(16-10-11-16)13-7-6-12-18-17(20)21-14-15-8-4-3-5-9-15/h3-5,8-9,16H,2,6-7,10-14H2,1H3,(H,18,20). The van der Waals surface area contributed by atoms with E-state index in [1.54, 1.807) is 0 Å². The maximum Gasteiger partial charge on any atom is 0.407 e. The first-order valence-corrected chi connectivity index (χ1v) is 7.98. The van der Waals surface area contributed by atoms with Gasteiger partial charge < -0.3 is 15.0 Å². The van der Waals surface area contributed by atoms with E-state index in [9.17, 15) is 4.79 Å². The Labute approximate surface area is 127 Å². The van der Waals surface area contributed by atoms with Gasteiger partial charge in [-0.25, -0.2) is 4.79 Å². The molecule has 0 saturated heterocycles. The summed E-state index contributed by atoms with van der Waals surface area (Å²) in [5, 5.41) is 2.81. The van der Waals surface area contributed by atoms with Crippen LogP contribution in [0.1, 0.15) is 38.2 Å². The average molecular weight is 290 g/mol. The van der Waals surface area contributed by atoms with E-state index in [0.29, 0.717) is 13.2 Å². The minimum Gasteiger partial charge on any atom is -0.445 e. The van der Waals surface area contributed by atoms with Crippen LogP contribution >= 0.6 is 0 Å². The molecule has 0 heterocycles. The van der Waals surface area contributed by atoms with Crippen LogP contribution in [-0.2, 0) is 11.3 Å². The highest BCUT2D eigenvalue weighted by molar-refractivity contribution is 5.67. The summed E-state index contributed by atoms with van der Waals surface area (Å²) in [5.74, 6) is 0. The van der Waals surface area contributed by atoms with Gasteiger partial charge in [0.05, 0.1) is 0 Å². The molecule has 1 aromatic carbocycles. The normalized spacial score (nSPS) is 14.2. The fourth-order valence-electron chi connectivity index (χ4n) is 2.44. The largest absolute Gasteiger partial charge is 0.445 e. The Hall–Kier alpha value is -1.55. The first-order valence-electron chi connectivity index (χ1n) is 7.98. The van der Waals surface area contributed by atoms with Crippen molar-refractivity contribution in [2.24, 2.45) is 0 Å². The predicted octanol–water partition coefficient (Wildman–Crippen LogP) is 3.18. The van der Waals surface area contributed by atoms with Crippen molar-refractivity contribution in [1.82, 2.24) is 10.2 Å². The van der Waals surface area contributed by atoms with Crippen LogP contribution in [0.3, 0.4) is 0 Å². The third kappa shape index (κ3) is 6.17. The van der Waals surface area contributed by atoms with Crippen LogP contribution in [0.15, 0.2) is 30.3 Å². The smallest absolute Gasteiger partial charge is 0.407 e. The number of rotatable bonds is 9. The van der Waals surface area contributed by atoms with E-state index in [1.165, 1.54) is 12.8 Å². The Morgan fingerprint density at radius 3 is 2.71 bits per heavy atom. The Morgan fingerprint density at radius 1 is 1.29 bits per heavy atom. The van der Waals surface area contributed by atoms with Crippen LogP contribution < -0.4 is 5.32 Å². The maximum atomic E-state index is 11.5. The summed E-state index contributed by atoms with van der Waals surface area (Å²) >= 11 is 0. The van der Waals surface area contributed by atoms with Crippen molar-refractivity contribution < 1.29 is 9.53 Å². The van der Waals surface area contributed by atoms with Crippen LogP contribution in [0, 0.1) is 0 Å². The maximum absolute atomic E-state index is 11.5. The number of hydrogen-bond donors (Lipinski definition) is 1. The van der Waals surface area contributed by atoms with Gasteiger partial charge in [-0.05, 0) is 44.3 Å². The fourth-order valence-corrected chi connectivity index (χ4v) is 2.44. The summed E-state index contributed by atoms with van der Waals surface area (Å²) in [6.07, 6.45) is 4.52. The van der Waals surface area contributed by atoms with Crippen molar-refractivity contribution in [3.8, 4) is 0 Å². The molecule has 0 radical (unpaired) electrons. The Morgan fingerprint density at radius 2 is 2.05 bits per heavy atom. The van der Waals surface area contributed by atoms with Gasteiger partial charge in [0.1, 0.15) is 6.61 Å². The lowest BCUT2D eigenvalue weighted by molar-refractivity contribution is 0.139. The summed E-state index contributed by atoms with van der Waals surface area (Å²) < 4.78 is 5.16. The zero-order valence-electron chi connectivity index (χ0n) is 12.9. The second kappa shape index (κ2) is 8.67. The zero-order chi connectivity index (χ0) is 14.9. The number of carbonyl (C=O) groups excluding carboxylic acids is 1. The first kappa shape index (κ1) is 15.8. The highest BCUT2D eigenvalue weighted by Gasteiger charge is 2.26. The first-order chi connectivity index (χ1) is 10.3. The van der Waals surface area contributed by atoms with Gasteiger partial charge >= 0.3 is 6.09 Å². The van der Waals surface area contributed by atoms with Crippen molar-refractivity contribution in [3.63, 3.8) is 0 Å². The third-order valence-electron chi connectivity index (χ3n) is 3.82. The molecule has 0 atom stereocenters. The third-order valence-corrected chi connectivity index (χ3v) is 3.82. The van der Waals surface area contributed by atoms with E-state index in [4.69, 9.17) is 4.74 Å². The molecular weight excluding hydrogens is 264 g/mol. The summed E-state index contributed by atoms with van der Waals surface area (Å²) in [5.41, 5.74) is 1.01. The van der Waals surface area contributed by atoms with Crippen LogP contribution in [-0.4, -0.2) is 36.7 Å². The van der Waals surface area contributed by atoms with Crippen LogP contribution in [0.25, 0.3) is 0 Å². The van der Waals surface area contributed by atoms with Gasteiger partial charge in [0.15, 0.2) is 0 Å². The second-order valence-corrected chi connectivity index (χ2v) is 5.56. The molecule has 2 rings (SSSR count). The zero-order valence-corrected chi connectivity index (χ0v) is 12.9. The van der Waals surface area contributed by atoms with Gasteiger partial charge in [0.2, 0.25) is 0 Å². The van der Waals surface area contributed by atoms with Gasteiger partial charge in [-0.3, -0.25) is 0 Å². The van der Waals surface area contributed by atoms with E-state index in [-0.39, 0.29) is 6.09 Å². The molecule has 1 saturated carbocycles. The number of ether oxygens (including phenoxy) is 1. The SMILES string of the molecule is CCN(CCCCNC(=O)OCc1ccccc1)C1CC1. The lowest BCUT2D eigenvalue weighted by atomic mass is 10.2. The molecule has 4 nitrogen and oxygen atoms in total. The van der Waals surface area contributed by atoms with E-state index >= 15 is 0 Å². The minimum absolute atomic E-state index is 0.326. The molecular formula is C17H26N2O2. The van der Waals surface area contributed by atoms with Crippen LogP contribution in [0.2, 0.25) is 0 Å². The molecule has 0 unspecified atom stereocenters. The molecule has 1 aliphatic carbocycles. The highest BCUT2D eigenvalue weighted by Crippen LogP contribution is 2.26. The Balaban J connectivity index is 1.49. The van der Waals surface area contributed by atoms with Gasteiger partial charge in [-0.1, -0.05) is 37.3 Å². The van der Waals surface area contributed by atoms with Crippen LogP contribution in [0.5, 0.6) is 0 Å². The van der Waals surface area contributed by atoms with Crippen molar-refractivity contribution in [1.29, 1.82) is 0 Å². The fraction of sp³-hybridized carbons (Fsp3) is 0.588. The molecule has 0 aliphatic heterocycles.